The van der Waals surface area contributed by atoms with Crippen molar-refractivity contribution in [3.63, 3.8) is 0 Å². The molecule has 3 N–H and O–H groups in total. The highest BCUT2D eigenvalue weighted by atomic mass is 32.2. The van der Waals surface area contributed by atoms with E-state index in [1.54, 1.807) is 4.90 Å². The lowest BCUT2D eigenvalue weighted by atomic mass is 9.79. The molecular weight excluding hydrogens is 240 g/mol. The van der Waals surface area contributed by atoms with Gasteiger partial charge in [0.1, 0.15) is 6.04 Å². The van der Waals surface area contributed by atoms with Crippen molar-refractivity contribution >= 4 is 11.8 Å². The molecule has 18 heavy (non-hydrogen) atoms. The highest BCUT2D eigenvalue weighted by Gasteiger charge is 2.46. The zero-order chi connectivity index (χ0) is 12.5. The van der Waals surface area contributed by atoms with Crippen molar-refractivity contribution in [3.8, 4) is 0 Å². The van der Waals surface area contributed by atoms with E-state index in [2.05, 4.69) is 18.7 Å². The van der Waals surface area contributed by atoms with E-state index in [9.17, 15) is 0 Å². The molecule has 0 aromatic rings. The van der Waals surface area contributed by atoms with Crippen molar-refractivity contribution in [2.75, 3.05) is 6.54 Å². The van der Waals surface area contributed by atoms with Crippen LogP contribution in [0.25, 0.3) is 0 Å². The summed E-state index contributed by atoms with van der Waals surface area (Å²) in [4.78, 5) is 1.75. The van der Waals surface area contributed by atoms with Crippen LogP contribution in [0.5, 0.6) is 0 Å². The molecular formula is C15H29N2S+. The van der Waals surface area contributed by atoms with Gasteiger partial charge in [0, 0.05) is 12.3 Å². The van der Waals surface area contributed by atoms with Crippen LogP contribution < -0.4 is 10.6 Å². The molecule has 0 spiro atoms. The summed E-state index contributed by atoms with van der Waals surface area (Å²) in [6, 6.07) is 0.882. The van der Waals surface area contributed by atoms with Crippen molar-refractivity contribution in [1.29, 1.82) is 0 Å². The summed E-state index contributed by atoms with van der Waals surface area (Å²) in [6.45, 7) is 3.83. The van der Waals surface area contributed by atoms with Crippen LogP contribution in [-0.4, -0.2) is 23.3 Å². The predicted molar refractivity (Wildman–Crippen MR) is 78.6 cm³/mol. The van der Waals surface area contributed by atoms with Gasteiger partial charge in [-0.1, -0.05) is 44.4 Å². The largest absolute Gasteiger partial charge is 0.308 e. The van der Waals surface area contributed by atoms with Gasteiger partial charge >= 0.3 is 0 Å². The molecule has 6 unspecified atom stereocenters. The second kappa shape index (κ2) is 5.72. The van der Waals surface area contributed by atoms with Gasteiger partial charge in [-0.3, -0.25) is 5.73 Å². The highest BCUT2D eigenvalue weighted by Crippen LogP contribution is 2.34. The third kappa shape index (κ3) is 2.59. The molecule has 0 aromatic carbocycles. The Kier molecular flexibility index (Phi) is 4.21. The maximum absolute atomic E-state index is 6.43. The second-order valence-corrected chi connectivity index (χ2v) is 8.17. The van der Waals surface area contributed by atoms with E-state index in [1.807, 2.05) is 0 Å². The number of hydrogen-bond donors (Lipinski definition) is 2. The monoisotopic (exact) mass is 269 g/mol. The van der Waals surface area contributed by atoms with Crippen molar-refractivity contribution in [1.82, 2.24) is 0 Å². The molecule has 3 aliphatic rings. The van der Waals surface area contributed by atoms with Gasteiger partial charge in [0.05, 0.1) is 11.8 Å². The molecule has 3 rings (SSSR count). The molecule has 2 saturated carbocycles. The zero-order valence-electron chi connectivity index (χ0n) is 11.7. The normalized spacial score (nSPS) is 49.0. The van der Waals surface area contributed by atoms with E-state index in [4.69, 9.17) is 5.73 Å². The Bertz CT molecular complexity index is 284. The Labute approximate surface area is 116 Å². The van der Waals surface area contributed by atoms with Crippen LogP contribution >= 0.6 is 11.8 Å². The minimum atomic E-state index is 0.368. The van der Waals surface area contributed by atoms with Crippen LogP contribution in [0.3, 0.4) is 0 Å². The third-order valence-electron chi connectivity index (χ3n) is 5.65. The SMILES string of the molecule is CC1CCCCC1C[NH+]1C(N)SC2CCCCC21. The Morgan fingerprint density at radius 1 is 1.06 bits per heavy atom. The third-order valence-corrected chi connectivity index (χ3v) is 7.16. The van der Waals surface area contributed by atoms with E-state index < -0.39 is 0 Å². The smallest absolute Gasteiger partial charge is 0.187 e. The predicted octanol–water partition coefficient (Wildman–Crippen LogP) is 2.00. The Morgan fingerprint density at radius 2 is 1.78 bits per heavy atom. The fourth-order valence-electron chi connectivity index (χ4n) is 4.44. The lowest BCUT2D eigenvalue weighted by molar-refractivity contribution is -0.933. The fraction of sp³-hybridized carbons (Fsp3) is 1.00. The van der Waals surface area contributed by atoms with Gasteiger partial charge in [-0.05, 0) is 25.2 Å². The lowest BCUT2D eigenvalue weighted by Crippen LogP contribution is -3.19. The Balaban J connectivity index is 1.63. The summed E-state index contributed by atoms with van der Waals surface area (Å²) < 4.78 is 0. The summed E-state index contributed by atoms with van der Waals surface area (Å²) in [7, 11) is 0. The van der Waals surface area contributed by atoms with E-state index in [0.717, 1.165) is 23.1 Å². The number of thioether (sulfide) groups is 1. The van der Waals surface area contributed by atoms with E-state index in [1.165, 1.54) is 57.9 Å². The summed E-state index contributed by atoms with van der Waals surface area (Å²) in [5, 5.41) is 0.877. The molecule has 104 valence electrons. The fourth-order valence-corrected chi connectivity index (χ4v) is 6.06. The standard InChI is InChI=1S/C15H28N2S/c1-11-6-2-3-7-12(11)10-17-13-8-4-5-9-14(13)18-15(17)16/h11-15H,2-10,16H2,1H3/p+1. The van der Waals surface area contributed by atoms with Crippen molar-refractivity contribution in [3.05, 3.63) is 0 Å². The Morgan fingerprint density at radius 3 is 2.61 bits per heavy atom. The number of quaternary nitrogens is 1. The van der Waals surface area contributed by atoms with Gasteiger partial charge in [0.25, 0.3) is 0 Å². The first-order valence-corrected chi connectivity index (χ1v) is 8.96. The minimum Gasteiger partial charge on any atom is -0.308 e. The summed E-state index contributed by atoms with van der Waals surface area (Å²) in [5.74, 6) is 1.88. The summed E-state index contributed by atoms with van der Waals surface area (Å²) >= 11 is 2.09. The van der Waals surface area contributed by atoms with Crippen molar-refractivity contribution < 1.29 is 4.90 Å². The highest BCUT2D eigenvalue weighted by molar-refractivity contribution is 8.00. The lowest BCUT2D eigenvalue weighted by Gasteiger charge is -2.35. The topological polar surface area (TPSA) is 30.5 Å². The molecule has 0 amide bonds. The molecule has 0 radical (unpaired) electrons. The first-order chi connectivity index (χ1) is 8.75. The van der Waals surface area contributed by atoms with Gasteiger partial charge in [-0.25, -0.2) is 0 Å². The number of nitrogens with two attached hydrogens (primary N) is 1. The number of nitrogens with one attached hydrogen (secondary N) is 1. The minimum absolute atomic E-state index is 0.368. The van der Waals surface area contributed by atoms with Crippen LogP contribution in [0, 0.1) is 11.8 Å². The molecule has 3 heteroatoms. The van der Waals surface area contributed by atoms with Crippen LogP contribution in [-0.2, 0) is 0 Å². The van der Waals surface area contributed by atoms with E-state index in [0.29, 0.717) is 5.50 Å². The van der Waals surface area contributed by atoms with E-state index >= 15 is 0 Å². The number of fused-ring (bicyclic) bond motifs is 1. The van der Waals surface area contributed by atoms with Crippen LogP contribution in [0.2, 0.25) is 0 Å². The molecule has 1 heterocycles. The molecule has 2 nitrogen and oxygen atoms in total. The summed E-state index contributed by atoms with van der Waals surface area (Å²) in [5.41, 5.74) is 6.80. The first kappa shape index (κ1) is 13.3. The van der Waals surface area contributed by atoms with E-state index in [-0.39, 0.29) is 0 Å². The molecule has 1 saturated heterocycles. The second-order valence-electron chi connectivity index (χ2n) is 6.79. The molecule has 6 atom stereocenters. The summed E-state index contributed by atoms with van der Waals surface area (Å²) in [6.07, 6.45) is 11.6. The number of hydrogen-bond acceptors (Lipinski definition) is 2. The van der Waals surface area contributed by atoms with Gasteiger partial charge in [0.2, 0.25) is 0 Å². The van der Waals surface area contributed by atoms with Gasteiger partial charge < -0.3 is 4.90 Å². The maximum atomic E-state index is 6.43. The molecule has 2 aliphatic carbocycles. The van der Waals surface area contributed by atoms with Crippen LogP contribution in [0.15, 0.2) is 0 Å². The Hall–Kier alpha value is 0.270. The van der Waals surface area contributed by atoms with Crippen LogP contribution in [0.1, 0.15) is 58.3 Å². The van der Waals surface area contributed by atoms with Gasteiger partial charge in [0.15, 0.2) is 5.50 Å². The number of rotatable bonds is 2. The average molecular weight is 269 g/mol. The van der Waals surface area contributed by atoms with Crippen LogP contribution in [0.4, 0.5) is 0 Å². The van der Waals surface area contributed by atoms with Gasteiger partial charge in [-0.2, -0.15) is 0 Å². The maximum Gasteiger partial charge on any atom is 0.187 e. The van der Waals surface area contributed by atoms with Crippen molar-refractivity contribution in [2.45, 2.75) is 75.1 Å². The first-order valence-electron chi connectivity index (χ1n) is 8.02. The molecule has 3 fully saturated rings. The molecule has 1 aliphatic heterocycles. The average Bonchev–Trinajstić information content (AvgIpc) is 2.69. The van der Waals surface area contributed by atoms with Gasteiger partial charge in [-0.15, -0.1) is 0 Å². The molecule has 0 bridgehead atoms. The molecule has 0 aromatic heterocycles. The zero-order valence-corrected chi connectivity index (χ0v) is 12.6. The van der Waals surface area contributed by atoms with Crippen molar-refractivity contribution in [2.24, 2.45) is 17.6 Å². The quantitative estimate of drug-likeness (QED) is 0.803.